The van der Waals surface area contributed by atoms with E-state index >= 15 is 0 Å². The second kappa shape index (κ2) is 4.59. The molecular weight excluding hydrogens is 234 g/mol. The molecule has 0 aromatic carbocycles. The number of thiazole rings is 1. The summed E-state index contributed by atoms with van der Waals surface area (Å²) in [4.78, 5) is 8.27. The summed E-state index contributed by atoms with van der Waals surface area (Å²) in [6.45, 7) is 2.63. The molecular formula is C8H10ClN5S. The maximum Gasteiger partial charge on any atom is 0.184 e. The highest BCUT2D eigenvalue weighted by molar-refractivity contribution is 7.14. The first-order chi connectivity index (χ1) is 7.24. The summed E-state index contributed by atoms with van der Waals surface area (Å²) in [6.07, 6.45) is 0.765. The molecule has 7 heteroatoms. The van der Waals surface area contributed by atoms with Crippen LogP contribution in [0.15, 0.2) is 5.38 Å². The Balaban J connectivity index is 1.80. The molecule has 0 aliphatic heterocycles. The third-order valence-corrected chi connectivity index (χ3v) is 2.87. The van der Waals surface area contributed by atoms with Crippen LogP contribution >= 0.6 is 22.9 Å². The fraction of sp³-hybridized carbons (Fsp3) is 0.375. The number of anilines is 1. The van der Waals surface area contributed by atoms with Crippen LogP contribution in [-0.4, -0.2) is 26.7 Å². The van der Waals surface area contributed by atoms with Crippen molar-refractivity contribution in [3.63, 3.8) is 0 Å². The van der Waals surface area contributed by atoms with Crippen molar-refractivity contribution < 1.29 is 0 Å². The lowest BCUT2D eigenvalue weighted by Crippen LogP contribution is -2.05. The number of aromatic nitrogens is 4. The summed E-state index contributed by atoms with van der Waals surface area (Å²) in [5, 5.41) is 13.1. The van der Waals surface area contributed by atoms with Crippen LogP contribution in [0.1, 0.15) is 11.6 Å². The van der Waals surface area contributed by atoms with E-state index in [0.29, 0.717) is 5.15 Å². The minimum absolute atomic E-state index is 0.524. The van der Waals surface area contributed by atoms with Crippen LogP contribution in [0.25, 0.3) is 0 Å². The summed E-state index contributed by atoms with van der Waals surface area (Å²) >= 11 is 7.18. The van der Waals surface area contributed by atoms with Gasteiger partial charge in [0.15, 0.2) is 11.0 Å². The number of aromatic amines is 1. The molecule has 0 bridgehead atoms. The van der Waals surface area contributed by atoms with Crippen LogP contribution in [0.4, 0.5) is 5.13 Å². The number of nitrogens with one attached hydrogen (secondary N) is 2. The zero-order valence-electron chi connectivity index (χ0n) is 8.12. The molecule has 5 nitrogen and oxygen atoms in total. The summed E-state index contributed by atoms with van der Waals surface area (Å²) in [6, 6.07) is 0. The highest BCUT2D eigenvalue weighted by atomic mass is 35.5. The molecule has 2 rings (SSSR count). The Kier molecular flexibility index (Phi) is 3.17. The molecule has 0 spiro atoms. The number of aryl methyl sites for hydroxylation is 1. The zero-order chi connectivity index (χ0) is 10.7. The Morgan fingerprint density at radius 3 is 3.00 bits per heavy atom. The third kappa shape index (κ3) is 2.90. The minimum Gasteiger partial charge on any atom is -0.361 e. The van der Waals surface area contributed by atoms with E-state index < -0.39 is 0 Å². The Hall–Kier alpha value is -1.14. The molecule has 0 fully saturated rings. The molecule has 0 amide bonds. The summed E-state index contributed by atoms with van der Waals surface area (Å²) < 4.78 is 0. The standard InChI is InChI=1S/C8H10ClN5S/c1-5-11-7(14-13-5)2-3-10-8-12-6(9)4-15-8/h4H,2-3H2,1H3,(H,10,12)(H,11,13,14). The molecule has 80 valence electrons. The quantitative estimate of drug-likeness (QED) is 0.861. The van der Waals surface area contributed by atoms with Crippen LogP contribution in [0.3, 0.4) is 0 Å². The molecule has 15 heavy (non-hydrogen) atoms. The number of hydrogen-bond acceptors (Lipinski definition) is 5. The Morgan fingerprint density at radius 1 is 1.53 bits per heavy atom. The summed E-state index contributed by atoms with van der Waals surface area (Å²) in [7, 11) is 0. The highest BCUT2D eigenvalue weighted by Crippen LogP contribution is 2.18. The van der Waals surface area contributed by atoms with Crippen molar-refractivity contribution in [2.24, 2.45) is 0 Å². The van der Waals surface area contributed by atoms with E-state index in [1.807, 2.05) is 6.92 Å². The number of hydrogen-bond donors (Lipinski definition) is 2. The van der Waals surface area contributed by atoms with Crippen molar-refractivity contribution in [1.82, 2.24) is 20.2 Å². The van der Waals surface area contributed by atoms with Gasteiger partial charge in [0, 0.05) is 18.3 Å². The van der Waals surface area contributed by atoms with Crippen molar-refractivity contribution in [2.75, 3.05) is 11.9 Å². The van der Waals surface area contributed by atoms with Crippen molar-refractivity contribution in [3.05, 3.63) is 22.2 Å². The number of halogens is 1. The van der Waals surface area contributed by atoms with E-state index in [1.54, 1.807) is 5.38 Å². The van der Waals surface area contributed by atoms with Crippen molar-refractivity contribution >= 4 is 28.1 Å². The molecule has 0 aliphatic carbocycles. The van der Waals surface area contributed by atoms with Gasteiger partial charge in [0.05, 0.1) is 0 Å². The first-order valence-electron chi connectivity index (χ1n) is 4.47. The summed E-state index contributed by atoms with van der Waals surface area (Å²) in [5.74, 6) is 1.64. The van der Waals surface area contributed by atoms with Crippen LogP contribution < -0.4 is 5.32 Å². The van der Waals surface area contributed by atoms with E-state index in [2.05, 4.69) is 25.5 Å². The normalized spacial score (nSPS) is 10.5. The van der Waals surface area contributed by atoms with Gasteiger partial charge in [-0.25, -0.2) is 9.97 Å². The maximum absolute atomic E-state index is 5.69. The molecule has 0 aliphatic rings. The van der Waals surface area contributed by atoms with E-state index in [1.165, 1.54) is 11.3 Å². The van der Waals surface area contributed by atoms with Crippen LogP contribution in [0.2, 0.25) is 5.15 Å². The summed E-state index contributed by atoms with van der Waals surface area (Å²) in [5.41, 5.74) is 0. The van der Waals surface area contributed by atoms with Gasteiger partial charge in [-0.1, -0.05) is 11.6 Å². The van der Waals surface area contributed by atoms with E-state index in [-0.39, 0.29) is 0 Å². The van der Waals surface area contributed by atoms with Crippen LogP contribution in [0.5, 0.6) is 0 Å². The fourth-order valence-electron chi connectivity index (χ4n) is 1.12. The number of rotatable bonds is 4. The smallest absolute Gasteiger partial charge is 0.184 e. The lowest BCUT2D eigenvalue weighted by Gasteiger charge is -1.98. The molecule has 2 aromatic heterocycles. The van der Waals surface area contributed by atoms with Crippen molar-refractivity contribution in [3.8, 4) is 0 Å². The topological polar surface area (TPSA) is 66.5 Å². The van der Waals surface area contributed by atoms with Crippen molar-refractivity contribution in [1.29, 1.82) is 0 Å². The molecule has 2 N–H and O–H groups in total. The van der Waals surface area contributed by atoms with Gasteiger partial charge in [-0.15, -0.1) is 11.3 Å². The lowest BCUT2D eigenvalue weighted by atomic mass is 10.4. The van der Waals surface area contributed by atoms with Crippen molar-refractivity contribution in [2.45, 2.75) is 13.3 Å². The van der Waals surface area contributed by atoms with Gasteiger partial charge < -0.3 is 5.32 Å². The Morgan fingerprint density at radius 2 is 2.40 bits per heavy atom. The van der Waals surface area contributed by atoms with Gasteiger partial charge in [-0.3, -0.25) is 5.10 Å². The second-order valence-electron chi connectivity index (χ2n) is 2.99. The second-order valence-corrected chi connectivity index (χ2v) is 4.23. The molecule has 0 saturated heterocycles. The predicted octanol–water partition coefficient (Wildman–Crippen LogP) is 1.88. The molecule has 0 atom stereocenters. The number of H-pyrrole nitrogens is 1. The molecule has 0 radical (unpaired) electrons. The van der Waals surface area contributed by atoms with Crippen LogP contribution in [-0.2, 0) is 6.42 Å². The molecule has 2 heterocycles. The first kappa shape index (κ1) is 10.4. The lowest BCUT2D eigenvalue weighted by molar-refractivity contribution is 0.900. The van der Waals surface area contributed by atoms with Gasteiger partial charge in [0.25, 0.3) is 0 Å². The average Bonchev–Trinajstić information content (AvgIpc) is 2.76. The van der Waals surface area contributed by atoms with E-state index in [9.17, 15) is 0 Å². The highest BCUT2D eigenvalue weighted by Gasteiger charge is 2.01. The molecule has 0 unspecified atom stereocenters. The van der Waals surface area contributed by atoms with E-state index in [4.69, 9.17) is 11.6 Å². The maximum atomic E-state index is 5.69. The molecule has 0 saturated carbocycles. The first-order valence-corrected chi connectivity index (χ1v) is 5.72. The van der Waals surface area contributed by atoms with Gasteiger partial charge in [-0.2, -0.15) is 5.10 Å². The third-order valence-electron chi connectivity index (χ3n) is 1.74. The van der Waals surface area contributed by atoms with Crippen LogP contribution in [0, 0.1) is 6.92 Å². The van der Waals surface area contributed by atoms with Gasteiger partial charge in [-0.05, 0) is 6.92 Å². The SMILES string of the molecule is Cc1nc(CCNc2nc(Cl)cs2)n[nH]1. The predicted molar refractivity (Wildman–Crippen MR) is 60.4 cm³/mol. The van der Waals surface area contributed by atoms with Gasteiger partial charge in [0.2, 0.25) is 0 Å². The molecule has 2 aromatic rings. The Bertz CT molecular complexity index is 397. The van der Waals surface area contributed by atoms with Gasteiger partial charge >= 0.3 is 0 Å². The monoisotopic (exact) mass is 243 g/mol. The minimum atomic E-state index is 0.524. The zero-order valence-corrected chi connectivity index (χ0v) is 9.69. The van der Waals surface area contributed by atoms with Gasteiger partial charge in [0.1, 0.15) is 11.0 Å². The Labute approximate surface area is 95.9 Å². The van der Waals surface area contributed by atoms with E-state index in [0.717, 1.165) is 29.7 Å². The fourth-order valence-corrected chi connectivity index (χ4v) is 1.98. The average molecular weight is 244 g/mol. The number of nitrogens with zero attached hydrogens (tertiary/aromatic N) is 3. The largest absolute Gasteiger partial charge is 0.361 e.